The lowest BCUT2D eigenvalue weighted by molar-refractivity contribution is -0.142. The van der Waals surface area contributed by atoms with Gasteiger partial charge in [0, 0.05) is 12.2 Å². The smallest absolute Gasteiger partial charge is 0.320 e. The molecule has 1 rings (SSSR count). The number of anilines is 1. The van der Waals surface area contributed by atoms with E-state index in [-0.39, 0.29) is 13.0 Å². The molecule has 6 heteroatoms. The first-order valence-electron chi connectivity index (χ1n) is 5.96. The van der Waals surface area contributed by atoms with Gasteiger partial charge in [-0.15, -0.1) is 0 Å². The zero-order valence-electron chi connectivity index (χ0n) is 10.8. The number of hydrogen-bond donors (Lipinski definition) is 1. The van der Waals surface area contributed by atoms with Crippen LogP contribution in [0.2, 0.25) is 0 Å². The molecule has 0 aromatic heterocycles. The molecular weight excluding hydrogens is 244 g/mol. The summed E-state index contributed by atoms with van der Waals surface area (Å²) < 4.78 is 4.93. The van der Waals surface area contributed by atoms with Crippen molar-refractivity contribution in [3.63, 3.8) is 0 Å². The molecule has 0 unspecified atom stereocenters. The molecule has 19 heavy (non-hydrogen) atoms. The first-order valence-corrected chi connectivity index (χ1v) is 5.96. The van der Waals surface area contributed by atoms with Gasteiger partial charge in [0.05, 0.1) is 18.3 Å². The summed E-state index contributed by atoms with van der Waals surface area (Å²) in [6.45, 7) is 3.58. The maximum atomic E-state index is 11.0. The molecule has 0 amide bonds. The average molecular weight is 260 g/mol. The van der Waals surface area contributed by atoms with E-state index in [0.717, 1.165) is 12.2 Å². The van der Waals surface area contributed by atoms with Crippen molar-refractivity contribution in [2.45, 2.75) is 13.3 Å². The molecule has 1 N–H and O–H groups in total. The SMILES string of the molecule is CCN(CCOC(=O)CC#N)c1ccc(N=N)cc1. The lowest BCUT2D eigenvalue weighted by Crippen LogP contribution is -2.27. The number of likely N-dealkylation sites (N-methyl/N-ethyl adjacent to an activating group) is 1. The second-order valence-corrected chi connectivity index (χ2v) is 3.76. The summed E-state index contributed by atoms with van der Waals surface area (Å²) in [4.78, 5) is 13.1. The summed E-state index contributed by atoms with van der Waals surface area (Å²) >= 11 is 0. The fraction of sp³-hybridized carbons (Fsp3) is 0.385. The molecule has 100 valence electrons. The topological polar surface area (TPSA) is 89.5 Å². The third kappa shape index (κ3) is 4.76. The Hall–Kier alpha value is -2.42. The van der Waals surface area contributed by atoms with Crippen LogP contribution >= 0.6 is 0 Å². The van der Waals surface area contributed by atoms with E-state index in [1.165, 1.54) is 0 Å². The highest BCUT2D eigenvalue weighted by Crippen LogP contribution is 2.19. The first kappa shape index (κ1) is 14.6. The van der Waals surface area contributed by atoms with E-state index in [4.69, 9.17) is 15.5 Å². The van der Waals surface area contributed by atoms with E-state index in [0.29, 0.717) is 12.2 Å². The number of esters is 1. The van der Waals surface area contributed by atoms with Gasteiger partial charge in [-0.05, 0) is 31.2 Å². The molecule has 0 radical (unpaired) electrons. The van der Waals surface area contributed by atoms with Crippen LogP contribution < -0.4 is 4.90 Å². The number of rotatable bonds is 7. The van der Waals surface area contributed by atoms with E-state index >= 15 is 0 Å². The molecule has 0 bridgehead atoms. The maximum absolute atomic E-state index is 11.0. The predicted molar refractivity (Wildman–Crippen MR) is 70.3 cm³/mol. The van der Waals surface area contributed by atoms with Crippen molar-refractivity contribution in [1.82, 2.24) is 0 Å². The normalized spacial score (nSPS) is 9.47. The molecule has 0 saturated carbocycles. The van der Waals surface area contributed by atoms with Crippen LogP contribution in [0.25, 0.3) is 0 Å². The van der Waals surface area contributed by atoms with Gasteiger partial charge in [0.2, 0.25) is 0 Å². The highest BCUT2D eigenvalue weighted by molar-refractivity contribution is 5.71. The minimum Gasteiger partial charge on any atom is -0.463 e. The predicted octanol–water partition coefficient (Wildman–Crippen LogP) is 2.63. The molecule has 0 atom stereocenters. The van der Waals surface area contributed by atoms with Crippen LogP contribution in [0.5, 0.6) is 0 Å². The van der Waals surface area contributed by atoms with E-state index in [1.54, 1.807) is 18.2 Å². The summed E-state index contributed by atoms with van der Waals surface area (Å²) in [6, 6.07) is 9.00. The largest absolute Gasteiger partial charge is 0.463 e. The highest BCUT2D eigenvalue weighted by Gasteiger charge is 2.06. The summed E-state index contributed by atoms with van der Waals surface area (Å²) in [5.74, 6) is -0.498. The van der Waals surface area contributed by atoms with Crippen molar-refractivity contribution >= 4 is 17.3 Å². The Morgan fingerprint density at radius 1 is 1.47 bits per heavy atom. The van der Waals surface area contributed by atoms with Crippen molar-refractivity contribution in [2.24, 2.45) is 5.11 Å². The zero-order chi connectivity index (χ0) is 14.1. The quantitative estimate of drug-likeness (QED) is 0.602. The van der Waals surface area contributed by atoms with Crippen LogP contribution in [0.15, 0.2) is 29.4 Å². The molecule has 1 aromatic carbocycles. The minimum absolute atomic E-state index is 0.216. The monoisotopic (exact) mass is 260 g/mol. The number of nitriles is 1. The van der Waals surface area contributed by atoms with Crippen molar-refractivity contribution < 1.29 is 9.53 Å². The molecule has 0 aliphatic heterocycles. The van der Waals surface area contributed by atoms with Crippen molar-refractivity contribution in [3.8, 4) is 6.07 Å². The van der Waals surface area contributed by atoms with Gasteiger partial charge >= 0.3 is 5.97 Å². The lowest BCUT2D eigenvalue weighted by Gasteiger charge is -2.22. The second-order valence-electron chi connectivity index (χ2n) is 3.76. The zero-order valence-corrected chi connectivity index (χ0v) is 10.8. The van der Waals surface area contributed by atoms with Crippen LogP contribution in [0.1, 0.15) is 13.3 Å². The Morgan fingerprint density at radius 2 is 2.16 bits per heavy atom. The van der Waals surface area contributed by atoms with E-state index in [1.807, 2.05) is 24.0 Å². The maximum Gasteiger partial charge on any atom is 0.320 e. The highest BCUT2D eigenvalue weighted by atomic mass is 16.5. The van der Waals surface area contributed by atoms with Gasteiger partial charge in [0.15, 0.2) is 0 Å². The Kier molecular flexibility index (Phi) is 6.03. The molecule has 6 nitrogen and oxygen atoms in total. The number of benzene rings is 1. The van der Waals surface area contributed by atoms with E-state index < -0.39 is 5.97 Å². The number of ether oxygens (including phenoxy) is 1. The number of carbonyl (C=O) groups is 1. The Bertz CT molecular complexity index is 465. The van der Waals surface area contributed by atoms with Gasteiger partial charge in [-0.25, -0.2) is 5.53 Å². The van der Waals surface area contributed by atoms with Crippen molar-refractivity contribution in [2.75, 3.05) is 24.6 Å². The van der Waals surface area contributed by atoms with Crippen LogP contribution in [0.4, 0.5) is 11.4 Å². The molecule has 0 aliphatic carbocycles. The molecule has 0 spiro atoms. The first-order chi connectivity index (χ1) is 9.21. The van der Waals surface area contributed by atoms with Gasteiger partial charge < -0.3 is 9.64 Å². The number of hydrogen-bond acceptors (Lipinski definition) is 6. The molecule has 0 heterocycles. The van der Waals surface area contributed by atoms with Crippen molar-refractivity contribution in [3.05, 3.63) is 24.3 Å². The molecular formula is C13H16N4O2. The average Bonchev–Trinajstić information content (AvgIpc) is 2.44. The Balaban J connectivity index is 2.51. The molecule has 0 saturated heterocycles. The van der Waals surface area contributed by atoms with E-state index in [2.05, 4.69) is 5.11 Å². The minimum atomic E-state index is -0.498. The number of carbonyl (C=O) groups excluding carboxylic acids is 1. The summed E-state index contributed by atoms with van der Waals surface area (Å²) in [5.41, 5.74) is 8.47. The fourth-order valence-corrected chi connectivity index (χ4v) is 1.59. The molecule has 0 aliphatic rings. The second kappa shape index (κ2) is 7.82. The Morgan fingerprint density at radius 3 is 2.68 bits per heavy atom. The van der Waals surface area contributed by atoms with E-state index in [9.17, 15) is 4.79 Å². The van der Waals surface area contributed by atoms with Crippen LogP contribution in [-0.4, -0.2) is 25.7 Å². The Labute approximate surface area is 112 Å². The van der Waals surface area contributed by atoms with Crippen LogP contribution in [0.3, 0.4) is 0 Å². The molecule has 0 fully saturated rings. The van der Waals surface area contributed by atoms with Crippen LogP contribution in [0, 0.1) is 16.9 Å². The lowest BCUT2D eigenvalue weighted by atomic mass is 10.2. The van der Waals surface area contributed by atoms with Gasteiger partial charge in [-0.2, -0.15) is 10.4 Å². The third-order valence-electron chi connectivity index (χ3n) is 2.57. The van der Waals surface area contributed by atoms with Gasteiger partial charge in [-0.1, -0.05) is 0 Å². The van der Waals surface area contributed by atoms with Gasteiger partial charge in [-0.3, -0.25) is 4.79 Å². The number of nitrogens with one attached hydrogen (secondary N) is 1. The number of nitrogens with zero attached hydrogens (tertiary/aromatic N) is 3. The summed E-state index contributed by atoms with van der Waals surface area (Å²) in [7, 11) is 0. The van der Waals surface area contributed by atoms with Gasteiger partial charge in [0.1, 0.15) is 13.0 Å². The van der Waals surface area contributed by atoms with Gasteiger partial charge in [0.25, 0.3) is 0 Å². The van der Waals surface area contributed by atoms with Crippen molar-refractivity contribution in [1.29, 1.82) is 10.8 Å². The fourth-order valence-electron chi connectivity index (χ4n) is 1.59. The summed E-state index contributed by atoms with van der Waals surface area (Å²) in [5, 5.41) is 11.7. The third-order valence-corrected chi connectivity index (χ3v) is 2.57. The van der Waals surface area contributed by atoms with Crippen LogP contribution in [-0.2, 0) is 9.53 Å². The standard InChI is InChI=1S/C13H16N4O2/c1-2-17(9-10-19-13(18)7-8-14)12-5-3-11(16-15)4-6-12/h3-6,15H,2,7,9-10H2,1H3. The molecule has 1 aromatic rings. The summed E-state index contributed by atoms with van der Waals surface area (Å²) in [6.07, 6.45) is -0.216.